The Bertz CT molecular complexity index is 760. The van der Waals surface area contributed by atoms with Crippen LogP contribution in [0.3, 0.4) is 0 Å². The number of anilines is 2. The molecule has 23 heavy (non-hydrogen) atoms. The second-order valence-electron chi connectivity index (χ2n) is 5.17. The average molecular weight is 351 g/mol. The summed E-state index contributed by atoms with van der Waals surface area (Å²) in [4.78, 5) is 23.9. The van der Waals surface area contributed by atoms with E-state index in [1.165, 1.54) is 0 Å². The maximum atomic E-state index is 11.9. The molecule has 0 heterocycles. The van der Waals surface area contributed by atoms with E-state index in [2.05, 4.69) is 10.6 Å². The van der Waals surface area contributed by atoms with Crippen molar-refractivity contribution in [2.75, 3.05) is 10.6 Å². The van der Waals surface area contributed by atoms with Crippen LogP contribution < -0.4 is 10.6 Å². The third-order valence-corrected chi connectivity index (χ3v) is 4.16. The fraction of sp³-hybridized carbons (Fsp3) is 0.176. The first-order valence-corrected chi connectivity index (χ1v) is 7.73. The van der Waals surface area contributed by atoms with E-state index in [9.17, 15) is 9.59 Å². The van der Waals surface area contributed by atoms with E-state index >= 15 is 0 Å². The van der Waals surface area contributed by atoms with Gasteiger partial charge in [0.25, 0.3) is 0 Å². The van der Waals surface area contributed by atoms with Crippen LogP contribution >= 0.6 is 23.2 Å². The maximum absolute atomic E-state index is 11.9. The number of halogens is 2. The molecule has 6 heteroatoms. The minimum absolute atomic E-state index is 0.247. The Morgan fingerprint density at radius 2 is 1.65 bits per heavy atom. The van der Waals surface area contributed by atoms with Gasteiger partial charge >= 0.3 is 0 Å². The van der Waals surface area contributed by atoms with Gasteiger partial charge in [-0.2, -0.15) is 0 Å². The number of aryl methyl sites for hydroxylation is 2. The molecule has 2 aromatic carbocycles. The molecule has 0 aromatic heterocycles. The van der Waals surface area contributed by atoms with E-state index < -0.39 is 11.8 Å². The molecule has 0 unspecified atom stereocenters. The predicted molar refractivity (Wildman–Crippen MR) is 94.3 cm³/mol. The van der Waals surface area contributed by atoms with Crippen molar-refractivity contribution in [3.63, 3.8) is 0 Å². The van der Waals surface area contributed by atoms with Crippen molar-refractivity contribution in [2.45, 2.75) is 20.3 Å². The zero-order chi connectivity index (χ0) is 17.0. The van der Waals surface area contributed by atoms with Gasteiger partial charge in [-0.3, -0.25) is 9.59 Å². The number of nitrogens with one attached hydrogen (secondary N) is 2. The Balaban J connectivity index is 1.95. The van der Waals surface area contributed by atoms with Crippen LogP contribution in [0.15, 0.2) is 36.4 Å². The molecule has 0 aliphatic rings. The molecule has 0 radical (unpaired) electrons. The molecule has 0 aliphatic carbocycles. The number of hydrogen-bond donors (Lipinski definition) is 2. The summed E-state index contributed by atoms with van der Waals surface area (Å²) in [6.45, 7) is 3.95. The lowest BCUT2D eigenvalue weighted by Crippen LogP contribution is -2.21. The fourth-order valence-electron chi connectivity index (χ4n) is 1.96. The summed E-state index contributed by atoms with van der Waals surface area (Å²) in [5.74, 6) is -0.862. The third kappa shape index (κ3) is 4.71. The summed E-state index contributed by atoms with van der Waals surface area (Å²) in [7, 11) is 0. The normalized spacial score (nSPS) is 10.3. The zero-order valence-corrected chi connectivity index (χ0v) is 14.3. The molecule has 0 saturated heterocycles. The molecule has 2 amide bonds. The van der Waals surface area contributed by atoms with Gasteiger partial charge in [0.1, 0.15) is 6.42 Å². The van der Waals surface area contributed by atoms with Gasteiger partial charge in [-0.25, -0.2) is 0 Å². The van der Waals surface area contributed by atoms with Gasteiger partial charge < -0.3 is 10.6 Å². The lowest BCUT2D eigenvalue weighted by molar-refractivity contribution is -0.123. The fourth-order valence-corrected chi connectivity index (χ4v) is 2.31. The molecule has 120 valence electrons. The van der Waals surface area contributed by atoms with Gasteiger partial charge in [0.2, 0.25) is 11.8 Å². The number of carbonyl (C=O) groups is 2. The van der Waals surface area contributed by atoms with Crippen molar-refractivity contribution in [2.24, 2.45) is 0 Å². The first-order chi connectivity index (χ1) is 10.9. The summed E-state index contributed by atoms with van der Waals surface area (Å²) >= 11 is 11.9. The van der Waals surface area contributed by atoms with Gasteiger partial charge in [0, 0.05) is 5.69 Å². The quantitative estimate of drug-likeness (QED) is 0.793. The second kappa shape index (κ2) is 7.49. The molecule has 4 nitrogen and oxygen atoms in total. The van der Waals surface area contributed by atoms with Crippen LogP contribution in [0.4, 0.5) is 11.4 Å². The van der Waals surface area contributed by atoms with Crippen LogP contribution in [-0.2, 0) is 9.59 Å². The standard InChI is InChI=1S/C17H16Cl2N2O2/c1-10-6-7-12(8-11(10)2)20-15(22)9-16(23)21-14-5-3-4-13(18)17(14)19/h3-8H,9H2,1-2H3,(H,20,22)(H,21,23). The molecule has 2 N–H and O–H groups in total. The van der Waals surface area contributed by atoms with Crippen molar-refractivity contribution in [3.05, 3.63) is 57.6 Å². The number of carbonyl (C=O) groups excluding carboxylic acids is 2. The van der Waals surface area contributed by atoms with Crippen molar-refractivity contribution < 1.29 is 9.59 Å². The van der Waals surface area contributed by atoms with E-state index in [1.54, 1.807) is 24.3 Å². The van der Waals surface area contributed by atoms with Crippen LogP contribution in [0.1, 0.15) is 17.5 Å². The minimum Gasteiger partial charge on any atom is -0.326 e. The van der Waals surface area contributed by atoms with Gasteiger partial charge in [-0.05, 0) is 49.2 Å². The summed E-state index contributed by atoms with van der Waals surface area (Å²) in [5, 5.41) is 5.85. The summed E-state index contributed by atoms with van der Waals surface area (Å²) < 4.78 is 0. The van der Waals surface area contributed by atoms with Crippen LogP contribution in [0.25, 0.3) is 0 Å². The molecule has 0 aliphatic heterocycles. The maximum Gasteiger partial charge on any atom is 0.233 e. The monoisotopic (exact) mass is 350 g/mol. The Hall–Kier alpha value is -2.04. The van der Waals surface area contributed by atoms with Crippen LogP contribution in [0, 0.1) is 13.8 Å². The lowest BCUT2D eigenvalue weighted by Gasteiger charge is -2.09. The highest BCUT2D eigenvalue weighted by molar-refractivity contribution is 6.44. The molecule has 0 fully saturated rings. The Morgan fingerprint density at radius 3 is 2.35 bits per heavy atom. The van der Waals surface area contributed by atoms with E-state index in [0.29, 0.717) is 16.4 Å². The second-order valence-corrected chi connectivity index (χ2v) is 5.96. The highest BCUT2D eigenvalue weighted by atomic mass is 35.5. The Kier molecular flexibility index (Phi) is 5.64. The first-order valence-electron chi connectivity index (χ1n) is 6.98. The van der Waals surface area contributed by atoms with Gasteiger partial charge in [0.15, 0.2) is 0 Å². The first kappa shape index (κ1) is 17.3. The highest BCUT2D eigenvalue weighted by Crippen LogP contribution is 2.29. The number of rotatable bonds is 4. The van der Waals surface area contributed by atoms with Crippen LogP contribution in [0.5, 0.6) is 0 Å². The molecule has 0 spiro atoms. The van der Waals surface area contributed by atoms with Crippen molar-refractivity contribution >= 4 is 46.4 Å². The van der Waals surface area contributed by atoms with E-state index in [0.717, 1.165) is 11.1 Å². The largest absolute Gasteiger partial charge is 0.326 e. The zero-order valence-electron chi connectivity index (χ0n) is 12.7. The van der Waals surface area contributed by atoms with Gasteiger partial charge in [-0.1, -0.05) is 35.3 Å². The smallest absolute Gasteiger partial charge is 0.233 e. The molecular formula is C17H16Cl2N2O2. The predicted octanol–water partition coefficient (Wildman–Crippen LogP) is 4.58. The summed E-state index contributed by atoms with van der Waals surface area (Å²) in [5.41, 5.74) is 3.24. The molecular weight excluding hydrogens is 335 g/mol. The number of benzene rings is 2. The van der Waals surface area contributed by atoms with Gasteiger partial charge in [0.05, 0.1) is 15.7 Å². The van der Waals surface area contributed by atoms with Gasteiger partial charge in [-0.15, -0.1) is 0 Å². The molecule has 0 bridgehead atoms. The average Bonchev–Trinajstić information content (AvgIpc) is 2.47. The Labute approximate surface area is 144 Å². The summed E-state index contributed by atoms with van der Waals surface area (Å²) in [6.07, 6.45) is -0.310. The van der Waals surface area contributed by atoms with Crippen molar-refractivity contribution in [1.29, 1.82) is 0 Å². The molecule has 2 rings (SSSR count). The van der Waals surface area contributed by atoms with E-state index in [4.69, 9.17) is 23.2 Å². The third-order valence-electron chi connectivity index (χ3n) is 3.34. The SMILES string of the molecule is Cc1ccc(NC(=O)CC(=O)Nc2cccc(Cl)c2Cl)cc1C. The van der Waals surface area contributed by atoms with Crippen molar-refractivity contribution in [3.8, 4) is 0 Å². The number of hydrogen-bond acceptors (Lipinski definition) is 2. The summed E-state index contributed by atoms with van der Waals surface area (Å²) in [6, 6.07) is 10.5. The van der Waals surface area contributed by atoms with Crippen LogP contribution in [0.2, 0.25) is 10.0 Å². The number of amides is 2. The van der Waals surface area contributed by atoms with Crippen molar-refractivity contribution in [1.82, 2.24) is 0 Å². The van der Waals surface area contributed by atoms with Crippen LogP contribution in [-0.4, -0.2) is 11.8 Å². The Morgan fingerprint density at radius 1 is 0.957 bits per heavy atom. The van der Waals surface area contributed by atoms with E-state index in [-0.39, 0.29) is 11.4 Å². The highest BCUT2D eigenvalue weighted by Gasteiger charge is 2.12. The molecule has 2 aromatic rings. The topological polar surface area (TPSA) is 58.2 Å². The lowest BCUT2D eigenvalue weighted by atomic mass is 10.1. The molecule has 0 saturated carbocycles. The molecule has 0 atom stereocenters. The van der Waals surface area contributed by atoms with E-state index in [1.807, 2.05) is 26.0 Å². The minimum atomic E-state index is -0.462.